The number of nitrogens with zero attached hydrogens (tertiary/aromatic N) is 1. The summed E-state index contributed by atoms with van der Waals surface area (Å²) in [5.74, 6) is 0.624. The summed E-state index contributed by atoms with van der Waals surface area (Å²) < 4.78 is 0. The molecule has 2 rings (SSSR count). The second kappa shape index (κ2) is 7.41. The summed E-state index contributed by atoms with van der Waals surface area (Å²) in [7, 11) is 0. The minimum atomic E-state index is 0.624. The van der Waals surface area contributed by atoms with Crippen molar-refractivity contribution in [2.24, 2.45) is 0 Å². The third-order valence-corrected chi connectivity index (χ3v) is 4.49. The molecule has 0 aliphatic rings. The van der Waals surface area contributed by atoms with Crippen LogP contribution < -0.4 is 5.32 Å². The lowest BCUT2D eigenvalue weighted by molar-refractivity contribution is 0.596. The van der Waals surface area contributed by atoms with E-state index < -0.39 is 0 Å². The average molecular weight is 274 g/mol. The topological polar surface area (TPSA) is 24.9 Å². The number of nitrogens with one attached hydrogen (secondary N) is 1. The Bertz CT molecular complexity index is 479. The molecule has 0 saturated carbocycles. The highest BCUT2D eigenvalue weighted by Crippen LogP contribution is 2.17. The van der Waals surface area contributed by atoms with E-state index in [9.17, 15) is 0 Å². The number of benzene rings is 1. The number of rotatable bonds is 7. The lowest BCUT2D eigenvalue weighted by Gasteiger charge is -2.12. The van der Waals surface area contributed by atoms with Crippen LogP contribution in [0.4, 0.5) is 0 Å². The lowest BCUT2D eigenvalue weighted by Crippen LogP contribution is -2.19. The Morgan fingerprint density at radius 1 is 1.21 bits per heavy atom. The highest BCUT2D eigenvalue weighted by molar-refractivity contribution is 7.09. The Balaban J connectivity index is 1.63. The zero-order valence-corrected chi connectivity index (χ0v) is 12.5. The van der Waals surface area contributed by atoms with E-state index >= 15 is 0 Å². The minimum absolute atomic E-state index is 0.624. The first-order valence-electron chi connectivity index (χ1n) is 6.92. The third kappa shape index (κ3) is 4.44. The van der Waals surface area contributed by atoms with Crippen LogP contribution in [0.5, 0.6) is 0 Å². The van der Waals surface area contributed by atoms with Crippen LogP contribution in [0.2, 0.25) is 0 Å². The fraction of sp³-hybridized carbons (Fsp3) is 0.438. The van der Waals surface area contributed by atoms with Crippen LogP contribution in [-0.2, 0) is 6.42 Å². The molecule has 19 heavy (non-hydrogen) atoms. The maximum Gasteiger partial charge on any atom is 0.0797 e. The monoisotopic (exact) mass is 274 g/mol. The largest absolute Gasteiger partial charge is 0.316 e. The first-order chi connectivity index (χ1) is 9.27. The number of hydrogen-bond acceptors (Lipinski definition) is 3. The summed E-state index contributed by atoms with van der Waals surface area (Å²) in [6.45, 7) is 6.51. The van der Waals surface area contributed by atoms with Crippen LogP contribution >= 0.6 is 11.3 Å². The molecule has 1 aromatic heterocycles. The molecular formula is C16H22N2S. The van der Waals surface area contributed by atoms with Gasteiger partial charge in [0.05, 0.1) is 11.2 Å². The van der Waals surface area contributed by atoms with Crippen LogP contribution in [0.25, 0.3) is 0 Å². The minimum Gasteiger partial charge on any atom is -0.316 e. The van der Waals surface area contributed by atoms with Gasteiger partial charge in [-0.05, 0) is 37.8 Å². The van der Waals surface area contributed by atoms with Crippen molar-refractivity contribution in [3.05, 3.63) is 52.0 Å². The van der Waals surface area contributed by atoms with Gasteiger partial charge in [0.25, 0.3) is 0 Å². The molecule has 2 nitrogen and oxygen atoms in total. The molecule has 0 bridgehead atoms. The Kier molecular flexibility index (Phi) is 5.55. The quantitative estimate of drug-likeness (QED) is 0.777. The van der Waals surface area contributed by atoms with Crippen LogP contribution in [-0.4, -0.2) is 18.1 Å². The first kappa shape index (κ1) is 14.2. The molecule has 0 radical (unpaired) electrons. The highest BCUT2D eigenvalue weighted by Gasteiger charge is 2.04. The molecule has 0 spiro atoms. The molecule has 2 aromatic rings. The second-order valence-electron chi connectivity index (χ2n) is 4.96. The van der Waals surface area contributed by atoms with Gasteiger partial charge in [0.2, 0.25) is 0 Å². The van der Waals surface area contributed by atoms with Crippen molar-refractivity contribution >= 4 is 11.3 Å². The molecule has 0 amide bonds. The van der Waals surface area contributed by atoms with Gasteiger partial charge in [-0.25, -0.2) is 4.98 Å². The normalized spacial score (nSPS) is 12.5. The van der Waals surface area contributed by atoms with Gasteiger partial charge in [0.1, 0.15) is 0 Å². The maximum absolute atomic E-state index is 4.27. The Morgan fingerprint density at radius 2 is 2.00 bits per heavy atom. The van der Waals surface area contributed by atoms with Crippen molar-refractivity contribution in [2.75, 3.05) is 13.1 Å². The van der Waals surface area contributed by atoms with Gasteiger partial charge in [0.15, 0.2) is 0 Å². The molecule has 1 heterocycles. The SMILES string of the molecule is Cc1ncsc1CCNCCC(C)c1ccccc1. The molecular weight excluding hydrogens is 252 g/mol. The molecule has 1 atom stereocenters. The van der Waals surface area contributed by atoms with Crippen molar-refractivity contribution < 1.29 is 0 Å². The lowest BCUT2D eigenvalue weighted by atomic mass is 9.98. The van der Waals surface area contributed by atoms with Crippen LogP contribution in [0.15, 0.2) is 35.8 Å². The Labute approximate surface area is 119 Å². The van der Waals surface area contributed by atoms with E-state index in [0.717, 1.165) is 19.5 Å². The fourth-order valence-corrected chi connectivity index (χ4v) is 2.94. The summed E-state index contributed by atoms with van der Waals surface area (Å²) in [5.41, 5.74) is 4.55. The van der Waals surface area contributed by atoms with Gasteiger partial charge < -0.3 is 5.32 Å². The Hall–Kier alpha value is -1.19. The van der Waals surface area contributed by atoms with Crippen molar-refractivity contribution in [1.82, 2.24) is 10.3 Å². The van der Waals surface area contributed by atoms with Crippen LogP contribution in [0, 0.1) is 6.92 Å². The van der Waals surface area contributed by atoms with Gasteiger partial charge in [-0.2, -0.15) is 0 Å². The van der Waals surface area contributed by atoms with Gasteiger partial charge >= 0.3 is 0 Å². The fourth-order valence-electron chi connectivity index (χ4n) is 2.16. The van der Waals surface area contributed by atoms with Crippen molar-refractivity contribution in [3.8, 4) is 0 Å². The molecule has 0 aliphatic heterocycles. The van der Waals surface area contributed by atoms with E-state index in [4.69, 9.17) is 0 Å². The van der Waals surface area contributed by atoms with Crippen molar-refractivity contribution in [1.29, 1.82) is 0 Å². The zero-order valence-electron chi connectivity index (χ0n) is 11.7. The summed E-state index contributed by atoms with van der Waals surface area (Å²) in [6.07, 6.45) is 2.28. The molecule has 1 unspecified atom stereocenters. The maximum atomic E-state index is 4.27. The first-order valence-corrected chi connectivity index (χ1v) is 7.80. The van der Waals surface area contributed by atoms with E-state index in [1.54, 1.807) is 11.3 Å². The molecule has 0 aliphatic carbocycles. The second-order valence-corrected chi connectivity index (χ2v) is 5.90. The predicted octanol–water partition coefficient (Wildman–Crippen LogP) is 3.78. The summed E-state index contributed by atoms with van der Waals surface area (Å²) in [5, 5.41) is 3.53. The predicted molar refractivity (Wildman–Crippen MR) is 82.9 cm³/mol. The summed E-state index contributed by atoms with van der Waals surface area (Å²) in [4.78, 5) is 5.68. The highest BCUT2D eigenvalue weighted by atomic mass is 32.1. The van der Waals surface area contributed by atoms with Gasteiger partial charge in [-0.3, -0.25) is 0 Å². The molecule has 1 aromatic carbocycles. The Morgan fingerprint density at radius 3 is 2.68 bits per heavy atom. The number of aryl methyl sites for hydroxylation is 1. The number of aromatic nitrogens is 1. The van der Waals surface area contributed by atoms with Crippen LogP contribution in [0.1, 0.15) is 35.4 Å². The third-order valence-electron chi connectivity index (χ3n) is 3.50. The smallest absolute Gasteiger partial charge is 0.0797 e. The van der Waals surface area contributed by atoms with E-state index in [1.807, 2.05) is 5.51 Å². The molecule has 1 N–H and O–H groups in total. The number of thiazole rings is 1. The molecule has 0 fully saturated rings. The molecule has 0 saturated heterocycles. The summed E-state index contributed by atoms with van der Waals surface area (Å²) in [6, 6.07) is 10.7. The van der Waals surface area contributed by atoms with Gasteiger partial charge in [-0.1, -0.05) is 37.3 Å². The van der Waals surface area contributed by atoms with E-state index in [1.165, 1.54) is 22.6 Å². The van der Waals surface area contributed by atoms with Gasteiger partial charge in [-0.15, -0.1) is 11.3 Å². The van der Waals surface area contributed by atoms with Crippen LogP contribution in [0.3, 0.4) is 0 Å². The zero-order chi connectivity index (χ0) is 13.5. The van der Waals surface area contributed by atoms with E-state index in [-0.39, 0.29) is 0 Å². The standard InChI is InChI=1S/C16H22N2S/c1-13(15-6-4-3-5-7-15)8-10-17-11-9-16-14(2)18-12-19-16/h3-7,12-13,17H,8-11H2,1-2H3. The van der Waals surface area contributed by atoms with E-state index in [0.29, 0.717) is 5.92 Å². The molecule has 3 heteroatoms. The van der Waals surface area contributed by atoms with Crippen molar-refractivity contribution in [2.45, 2.75) is 32.6 Å². The summed E-state index contributed by atoms with van der Waals surface area (Å²) >= 11 is 1.76. The van der Waals surface area contributed by atoms with E-state index in [2.05, 4.69) is 54.5 Å². The molecule has 102 valence electrons. The van der Waals surface area contributed by atoms with Crippen molar-refractivity contribution in [3.63, 3.8) is 0 Å². The van der Waals surface area contributed by atoms with Gasteiger partial charge in [0, 0.05) is 11.4 Å². The average Bonchev–Trinajstić information content (AvgIpc) is 2.85. The number of hydrogen-bond donors (Lipinski definition) is 1.